The minimum Gasteiger partial charge on any atom is -0.397 e. The zero-order chi connectivity index (χ0) is 26.5. The van der Waals surface area contributed by atoms with E-state index in [0.29, 0.717) is 47.2 Å². The molecule has 3 amide bonds. The SMILES string of the molecule is Cl.Cl.Cn1cc(NC(=O)c2cc(NC(=O)c3cc(N)cn3C)cn2C)cc1C(=O)NCCNC1=NCCCN1. The van der Waals surface area contributed by atoms with Crippen LogP contribution in [0.2, 0.25) is 0 Å². The van der Waals surface area contributed by atoms with Crippen LogP contribution in [0.1, 0.15) is 37.9 Å². The average Bonchev–Trinajstić information content (AvgIpc) is 3.52. The third kappa shape index (κ3) is 7.71. The van der Waals surface area contributed by atoms with E-state index >= 15 is 0 Å². The topological polar surface area (TPSA) is 165 Å². The number of nitrogens with two attached hydrogens (primary N) is 1. The van der Waals surface area contributed by atoms with Gasteiger partial charge in [0.1, 0.15) is 17.1 Å². The average molecular weight is 582 g/mol. The van der Waals surface area contributed by atoms with Crippen molar-refractivity contribution in [2.45, 2.75) is 6.42 Å². The minimum atomic E-state index is -0.381. The largest absolute Gasteiger partial charge is 0.397 e. The summed E-state index contributed by atoms with van der Waals surface area (Å²) in [5.74, 6) is -0.228. The molecule has 0 aliphatic carbocycles. The minimum absolute atomic E-state index is 0. The van der Waals surface area contributed by atoms with Gasteiger partial charge in [-0.15, -0.1) is 24.8 Å². The van der Waals surface area contributed by atoms with Crippen LogP contribution < -0.4 is 32.3 Å². The lowest BCUT2D eigenvalue weighted by Crippen LogP contribution is -2.43. The number of aliphatic imine (C=N–C) groups is 1. The molecule has 0 bridgehead atoms. The molecule has 0 atom stereocenters. The second-order valence-electron chi connectivity index (χ2n) is 8.82. The Morgan fingerprint density at radius 3 is 1.90 bits per heavy atom. The molecular formula is C24H34Cl2N10O3. The summed E-state index contributed by atoms with van der Waals surface area (Å²) in [6, 6.07) is 4.77. The van der Waals surface area contributed by atoms with Crippen molar-refractivity contribution < 1.29 is 14.4 Å². The molecule has 0 radical (unpaired) electrons. The number of aromatic nitrogens is 3. The van der Waals surface area contributed by atoms with Gasteiger partial charge in [-0.2, -0.15) is 0 Å². The molecule has 1 aliphatic heterocycles. The van der Waals surface area contributed by atoms with E-state index in [1.807, 2.05) is 0 Å². The first-order valence-electron chi connectivity index (χ1n) is 11.9. The number of rotatable bonds is 8. The molecule has 4 rings (SSSR count). The van der Waals surface area contributed by atoms with Crippen LogP contribution in [0.15, 0.2) is 41.8 Å². The molecule has 212 valence electrons. The van der Waals surface area contributed by atoms with E-state index in [2.05, 4.69) is 31.6 Å². The Morgan fingerprint density at radius 1 is 0.846 bits per heavy atom. The molecule has 1 aliphatic rings. The second kappa shape index (κ2) is 13.6. The van der Waals surface area contributed by atoms with Crippen molar-refractivity contribution in [2.24, 2.45) is 26.1 Å². The Kier molecular flexibility index (Phi) is 10.9. The van der Waals surface area contributed by atoms with Gasteiger partial charge in [-0.25, -0.2) is 0 Å². The molecular weight excluding hydrogens is 547 g/mol. The third-order valence-corrected chi connectivity index (χ3v) is 5.85. The van der Waals surface area contributed by atoms with Crippen molar-refractivity contribution in [1.29, 1.82) is 0 Å². The molecule has 3 aromatic rings. The van der Waals surface area contributed by atoms with Crippen LogP contribution in [-0.2, 0) is 21.1 Å². The number of halogens is 2. The number of hydrogen-bond acceptors (Lipinski definition) is 7. The van der Waals surface area contributed by atoms with Gasteiger partial charge in [-0.3, -0.25) is 19.4 Å². The molecule has 3 aromatic heterocycles. The number of nitrogens with one attached hydrogen (secondary N) is 5. The zero-order valence-electron chi connectivity index (χ0n) is 21.9. The molecule has 0 spiro atoms. The van der Waals surface area contributed by atoms with Crippen molar-refractivity contribution >= 4 is 65.6 Å². The van der Waals surface area contributed by atoms with Crippen LogP contribution in [0.4, 0.5) is 17.1 Å². The summed E-state index contributed by atoms with van der Waals surface area (Å²) in [4.78, 5) is 42.4. The summed E-state index contributed by atoms with van der Waals surface area (Å²) in [7, 11) is 5.16. The lowest BCUT2D eigenvalue weighted by molar-refractivity contribution is 0.0944. The summed E-state index contributed by atoms with van der Waals surface area (Å²) in [6.45, 7) is 2.63. The molecule has 39 heavy (non-hydrogen) atoms. The van der Waals surface area contributed by atoms with Crippen LogP contribution in [0.3, 0.4) is 0 Å². The zero-order valence-corrected chi connectivity index (χ0v) is 23.5. The second-order valence-corrected chi connectivity index (χ2v) is 8.82. The molecule has 7 N–H and O–H groups in total. The van der Waals surface area contributed by atoms with Gasteiger partial charge in [0, 0.05) is 65.9 Å². The van der Waals surface area contributed by atoms with E-state index in [0.717, 1.165) is 25.5 Å². The molecule has 4 heterocycles. The van der Waals surface area contributed by atoms with Gasteiger partial charge in [0.2, 0.25) is 0 Å². The van der Waals surface area contributed by atoms with Gasteiger partial charge in [0.15, 0.2) is 5.96 Å². The molecule has 0 saturated carbocycles. The first-order valence-corrected chi connectivity index (χ1v) is 11.9. The predicted molar refractivity (Wildman–Crippen MR) is 156 cm³/mol. The van der Waals surface area contributed by atoms with E-state index in [1.165, 1.54) is 0 Å². The standard InChI is InChI=1S/C24H32N10O3.2ClH/c1-32-12-15(25)9-18(32)22(36)30-17-11-20(34(3)14-17)23(37)31-16-10-19(33(2)13-16)21(35)26-7-8-29-24-27-5-4-6-28-24;;/h9-14H,4-8,25H2,1-3H3,(H,26,35)(H,30,36)(H,31,37)(H2,27,28,29);2*1H. The lowest BCUT2D eigenvalue weighted by Gasteiger charge is -2.16. The first-order chi connectivity index (χ1) is 17.7. The fourth-order valence-electron chi connectivity index (χ4n) is 4.02. The summed E-state index contributed by atoms with van der Waals surface area (Å²) < 4.78 is 4.89. The van der Waals surface area contributed by atoms with Gasteiger partial charge in [-0.05, 0) is 24.6 Å². The maximum absolute atomic E-state index is 12.9. The van der Waals surface area contributed by atoms with Gasteiger partial charge >= 0.3 is 0 Å². The number of carbonyl (C=O) groups excluding carboxylic acids is 3. The van der Waals surface area contributed by atoms with Crippen LogP contribution >= 0.6 is 24.8 Å². The quantitative estimate of drug-likeness (QED) is 0.220. The van der Waals surface area contributed by atoms with Gasteiger partial charge < -0.3 is 46.0 Å². The molecule has 15 heteroatoms. The highest BCUT2D eigenvalue weighted by atomic mass is 35.5. The number of carbonyl (C=O) groups is 3. The van der Waals surface area contributed by atoms with E-state index < -0.39 is 0 Å². The highest BCUT2D eigenvalue weighted by Crippen LogP contribution is 2.19. The van der Waals surface area contributed by atoms with Crippen LogP contribution in [-0.4, -0.2) is 63.6 Å². The van der Waals surface area contributed by atoms with E-state index in [-0.39, 0.29) is 42.5 Å². The molecule has 0 fully saturated rings. The number of hydrogen-bond donors (Lipinski definition) is 6. The maximum Gasteiger partial charge on any atom is 0.272 e. The van der Waals surface area contributed by atoms with Crippen molar-refractivity contribution in [3.63, 3.8) is 0 Å². The fraction of sp³-hybridized carbons (Fsp3) is 0.333. The van der Waals surface area contributed by atoms with Gasteiger partial charge in [0.05, 0.1) is 17.1 Å². The van der Waals surface area contributed by atoms with E-state index in [1.54, 1.807) is 71.6 Å². The molecule has 13 nitrogen and oxygen atoms in total. The predicted octanol–water partition coefficient (Wildman–Crippen LogP) is 1.30. The van der Waals surface area contributed by atoms with Crippen LogP contribution in [0.25, 0.3) is 0 Å². The number of aryl methyl sites for hydroxylation is 3. The highest BCUT2D eigenvalue weighted by Gasteiger charge is 2.18. The normalized spacial score (nSPS) is 12.2. The Balaban J connectivity index is 0.00000267. The van der Waals surface area contributed by atoms with Crippen LogP contribution in [0.5, 0.6) is 0 Å². The van der Waals surface area contributed by atoms with E-state index in [9.17, 15) is 14.4 Å². The Morgan fingerprint density at radius 2 is 1.38 bits per heavy atom. The van der Waals surface area contributed by atoms with Crippen molar-refractivity contribution in [3.8, 4) is 0 Å². The molecule has 0 unspecified atom stereocenters. The Bertz CT molecular complexity index is 1360. The van der Waals surface area contributed by atoms with Gasteiger partial charge in [0.25, 0.3) is 17.7 Å². The molecule has 0 saturated heterocycles. The summed E-state index contributed by atoms with van der Waals surface area (Å²) in [5.41, 5.74) is 8.32. The smallest absolute Gasteiger partial charge is 0.272 e. The van der Waals surface area contributed by atoms with Gasteiger partial charge in [-0.1, -0.05) is 0 Å². The fourth-order valence-corrected chi connectivity index (χ4v) is 4.02. The Hall–Kier alpha value is -4.10. The summed E-state index contributed by atoms with van der Waals surface area (Å²) in [5, 5.41) is 14.7. The van der Waals surface area contributed by atoms with Crippen molar-refractivity contribution in [1.82, 2.24) is 29.7 Å². The van der Waals surface area contributed by atoms with Crippen molar-refractivity contribution in [3.05, 3.63) is 53.9 Å². The maximum atomic E-state index is 12.9. The number of nitrogen functional groups attached to an aromatic ring is 1. The Labute approximate surface area is 238 Å². The number of anilines is 3. The molecule has 0 aromatic carbocycles. The number of amides is 3. The third-order valence-electron chi connectivity index (χ3n) is 5.85. The number of nitrogens with zero attached hydrogens (tertiary/aromatic N) is 4. The monoisotopic (exact) mass is 580 g/mol. The summed E-state index contributed by atoms with van der Waals surface area (Å²) in [6.07, 6.45) is 5.97. The van der Waals surface area contributed by atoms with E-state index in [4.69, 9.17) is 5.73 Å². The highest BCUT2D eigenvalue weighted by molar-refractivity contribution is 6.07. The lowest BCUT2D eigenvalue weighted by atomic mass is 10.3. The van der Waals surface area contributed by atoms with Crippen molar-refractivity contribution in [2.75, 3.05) is 42.5 Å². The first kappa shape index (κ1) is 31.1. The summed E-state index contributed by atoms with van der Waals surface area (Å²) >= 11 is 0. The van der Waals surface area contributed by atoms with Crippen LogP contribution in [0, 0.1) is 0 Å². The number of guanidine groups is 1.